The van der Waals surface area contributed by atoms with Crippen LogP contribution < -0.4 is 10.1 Å². The van der Waals surface area contributed by atoms with Crippen molar-refractivity contribution in [3.63, 3.8) is 0 Å². The molecular weight excluding hydrogens is 338 g/mol. The molecule has 1 amide bonds. The first-order chi connectivity index (χ1) is 10.8. The second-order valence-electron chi connectivity index (χ2n) is 4.48. The van der Waals surface area contributed by atoms with Gasteiger partial charge in [0.05, 0.1) is 10.6 Å². The lowest BCUT2D eigenvalue weighted by atomic mass is 10.2. The molecule has 0 unspecified atom stereocenters. The maximum Gasteiger partial charge on any atom is 0.422 e. The minimum Gasteiger partial charge on any atom is -0.484 e. The molecular formula is C15H10ClF4NO2. The summed E-state index contributed by atoms with van der Waals surface area (Å²) in [5, 5.41) is 2.35. The van der Waals surface area contributed by atoms with Gasteiger partial charge in [0, 0.05) is 5.69 Å². The van der Waals surface area contributed by atoms with Gasteiger partial charge in [-0.15, -0.1) is 0 Å². The molecule has 3 nitrogen and oxygen atoms in total. The van der Waals surface area contributed by atoms with E-state index in [-0.39, 0.29) is 22.0 Å². The van der Waals surface area contributed by atoms with Gasteiger partial charge in [0.25, 0.3) is 5.91 Å². The standard InChI is InChI=1S/C15H10ClF4NO2/c16-11-2-1-3-12(17)13(11)14(22)21-9-4-6-10(7-5-9)23-8-15(18,19)20/h1-7H,8H2,(H,21,22). The Bertz CT molecular complexity index is 681. The van der Waals surface area contributed by atoms with E-state index in [1.54, 1.807) is 0 Å². The number of ether oxygens (including phenoxy) is 1. The number of carbonyl (C=O) groups is 1. The summed E-state index contributed by atoms with van der Waals surface area (Å²) in [6.45, 7) is -1.41. The van der Waals surface area contributed by atoms with Crippen molar-refractivity contribution in [1.82, 2.24) is 0 Å². The predicted octanol–water partition coefficient (Wildman–Crippen LogP) is 4.67. The second-order valence-corrected chi connectivity index (χ2v) is 4.89. The van der Waals surface area contributed by atoms with E-state index in [0.29, 0.717) is 0 Å². The van der Waals surface area contributed by atoms with E-state index in [1.165, 1.54) is 36.4 Å². The van der Waals surface area contributed by atoms with E-state index in [4.69, 9.17) is 11.6 Å². The molecule has 1 N–H and O–H groups in total. The summed E-state index contributed by atoms with van der Waals surface area (Å²) in [6, 6.07) is 9.00. The molecule has 0 aromatic heterocycles. The van der Waals surface area contributed by atoms with Gasteiger partial charge in [0.2, 0.25) is 0 Å². The summed E-state index contributed by atoms with van der Waals surface area (Å²) in [4.78, 5) is 12.0. The lowest BCUT2D eigenvalue weighted by Crippen LogP contribution is -2.19. The molecule has 0 aliphatic carbocycles. The molecule has 0 aliphatic heterocycles. The van der Waals surface area contributed by atoms with Gasteiger partial charge in [-0.05, 0) is 36.4 Å². The average molecular weight is 348 g/mol. The number of benzene rings is 2. The minimum atomic E-state index is -4.44. The van der Waals surface area contributed by atoms with E-state index in [0.717, 1.165) is 6.07 Å². The van der Waals surface area contributed by atoms with Crippen LogP contribution in [0.5, 0.6) is 5.75 Å². The number of amides is 1. The zero-order valence-electron chi connectivity index (χ0n) is 11.5. The zero-order chi connectivity index (χ0) is 17.0. The molecule has 0 aliphatic rings. The maximum absolute atomic E-state index is 13.6. The molecule has 0 saturated heterocycles. The highest BCUT2D eigenvalue weighted by Crippen LogP contribution is 2.23. The summed E-state index contributed by atoms with van der Waals surface area (Å²) >= 11 is 5.77. The number of halogens is 5. The van der Waals surface area contributed by atoms with Gasteiger partial charge in [-0.1, -0.05) is 17.7 Å². The van der Waals surface area contributed by atoms with E-state index in [9.17, 15) is 22.4 Å². The smallest absolute Gasteiger partial charge is 0.422 e. The summed E-state index contributed by atoms with van der Waals surface area (Å²) in [6.07, 6.45) is -4.44. The molecule has 0 atom stereocenters. The van der Waals surface area contributed by atoms with E-state index >= 15 is 0 Å². The van der Waals surface area contributed by atoms with Crippen molar-refractivity contribution in [1.29, 1.82) is 0 Å². The topological polar surface area (TPSA) is 38.3 Å². The van der Waals surface area contributed by atoms with Crippen molar-refractivity contribution in [2.75, 3.05) is 11.9 Å². The third kappa shape index (κ3) is 4.85. The van der Waals surface area contributed by atoms with Gasteiger partial charge >= 0.3 is 6.18 Å². The Morgan fingerprint density at radius 1 is 1.13 bits per heavy atom. The lowest BCUT2D eigenvalue weighted by molar-refractivity contribution is -0.153. The Morgan fingerprint density at radius 2 is 1.78 bits per heavy atom. The van der Waals surface area contributed by atoms with Crippen LogP contribution in [-0.2, 0) is 0 Å². The molecule has 0 bridgehead atoms. The van der Waals surface area contributed by atoms with Crippen molar-refractivity contribution >= 4 is 23.2 Å². The van der Waals surface area contributed by atoms with Crippen LogP contribution in [-0.4, -0.2) is 18.7 Å². The van der Waals surface area contributed by atoms with Crippen LogP contribution in [0.2, 0.25) is 5.02 Å². The summed E-state index contributed by atoms with van der Waals surface area (Å²) in [5.41, 5.74) is -0.0553. The minimum absolute atomic E-state index is 0.00996. The highest BCUT2D eigenvalue weighted by molar-refractivity contribution is 6.34. The average Bonchev–Trinajstić information content (AvgIpc) is 2.45. The van der Waals surface area contributed by atoms with E-state index in [1.807, 2.05) is 0 Å². The Labute approximate surface area is 133 Å². The highest BCUT2D eigenvalue weighted by Gasteiger charge is 2.28. The van der Waals surface area contributed by atoms with Crippen molar-refractivity contribution in [3.05, 3.63) is 58.9 Å². The molecule has 2 aromatic carbocycles. The molecule has 2 rings (SSSR count). The first-order valence-electron chi connectivity index (χ1n) is 6.31. The van der Waals surface area contributed by atoms with Crippen molar-refractivity contribution in [2.24, 2.45) is 0 Å². The molecule has 122 valence electrons. The van der Waals surface area contributed by atoms with Crippen molar-refractivity contribution in [3.8, 4) is 5.75 Å². The Kier molecular flexibility index (Phi) is 5.10. The van der Waals surface area contributed by atoms with Crippen molar-refractivity contribution in [2.45, 2.75) is 6.18 Å². The normalized spacial score (nSPS) is 11.2. The fourth-order valence-corrected chi connectivity index (χ4v) is 1.96. The van der Waals surface area contributed by atoms with Crippen LogP contribution in [0.25, 0.3) is 0 Å². The number of nitrogens with one attached hydrogen (secondary N) is 1. The Morgan fingerprint density at radius 3 is 2.35 bits per heavy atom. The number of carbonyl (C=O) groups excluding carboxylic acids is 1. The zero-order valence-corrected chi connectivity index (χ0v) is 12.2. The highest BCUT2D eigenvalue weighted by atomic mass is 35.5. The van der Waals surface area contributed by atoms with Crippen LogP contribution in [0, 0.1) is 5.82 Å². The molecule has 0 radical (unpaired) electrons. The molecule has 23 heavy (non-hydrogen) atoms. The summed E-state index contributed by atoms with van der Waals surface area (Å²) < 4.78 is 54.2. The van der Waals surface area contributed by atoms with Crippen LogP contribution in [0.4, 0.5) is 23.2 Å². The number of anilines is 1. The molecule has 0 spiro atoms. The molecule has 0 heterocycles. The van der Waals surface area contributed by atoms with Gasteiger partial charge in [-0.25, -0.2) is 4.39 Å². The van der Waals surface area contributed by atoms with Crippen LogP contribution in [0.1, 0.15) is 10.4 Å². The molecule has 2 aromatic rings. The van der Waals surface area contributed by atoms with Gasteiger partial charge in [0.1, 0.15) is 11.6 Å². The van der Waals surface area contributed by atoms with Gasteiger partial charge in [-0.3, -0.25) is 4.79 Å². The van der Waals surface area contributed by atoms with Crippen LogP contribution in [0.15, 0.2) is 42.5 Å². The Hall–Kier alpha value is -2.28. The number of hydrogen-bond acceptors (Lipinski definition) is 2. The predicted molar refractivity (Wildman–Crippen MR) is 77.4 cm³/mol. The lowest BCUT2D eigenvalue weighted by Gasteiger charge is -2.10. The number of alkyl halides is 3. The SMILES string of the molecule is O=C(Nc1ccc(OCC(F)(F)F)cc1)c1c(F)cccc1Cl. The summed E-state index contributed by atoms with van der Waals surface area (Å²) in [5.74, 6) is -1.55. The van der Waals surface area contributed by atoms with Gasteiger partial charge in [-0.2, -0.15) is 13.2 Å². The quantitative estimate of drug-likeness (QED) is 0.816. The molecule has 0 fully saturated rings. The van der Waals surface area contributed by atoms with E-state index in [2.05, 4.69) is 10.1 Å². The van der Waals surface area contributed by atoms with Gasteiger partial charge < -0.3 is 10.1 Å². The van der Waals surface area contributed by atoms with E-state index < -0.39 is 24.5 Å². The summed E-state index contributed by atoms with van der Waals surface area (Å²) in [7, 11) is 0. The fourth-order valence-electron chi connectivity index (χ4n) is 1.71. The maximum atomic E-state index is 13.6. The molecule has 8 heteroatoms. The fraction of sp³-hybridized carbons (Fsp3) is 0.133. The first kappa shape index (κ1) is 17.1. The number of hydrogen-bond donors (Lipinski definition) is 1. The largest absolute Gasteiger partial charge is 0.484 e. The van der Waals surface area contributed by atoms with Crippen molar-refractivity contribution < 1.29 is 27.1 Å². The third-order valence-corrected chi connectivity index (χ3v) is 3.02. The van der Waals surface area contributed by atoms with Crippen LogP contribution >= 0.6 is 11.6 Å². The second kappa shape index (κ2) is 6.87. The monoisotopic (exact) mass is 347 g/mol. The third-order valence-electron chi connectivity index (χ3n) is 2.70. The Balaban J connectivity index is 2.05. The number of rotatable bonds is 4. The molecule has 0 saturated carbocycles. The first-order valence-corrected chi connectivity index (χ1v) is 6.69. The van der Waals surface area contributed by atoms with Crippen LogP contribution in [0.3, 0.4) is 0 Å². The van der Waals surface area contributed by atoms with Gasteiger partial charge in [0.15, 0.2) is 6.61 Å².